The summed E-state index contributed by atoms with van der Waals surface area (Å²) in [6, 6.07) is 6.94. The van der Waals surface area contributed by atoms with E-state index in [9.17, 15) is 0 Å². The molecule has 0 saturated carbocycles. The molecule has 2 rings (SSSR count). The lowest BCUT2D eigenvalue weighted by Gasteiger charge is -2.20. The van der Waals surface area contributed by atoms with Gasteiger partial charge in [0.15, 0.2) is 0 Å². The molecule has 1 aromatic carbocycles. The van der Waals surface area contributed by atoms with Crippen LogP contribution in [0.5, 0.6) is 0 Å². The number of nitrogens with one attached hydrogen (secondary N) is 2. The summed E-state index contributed by atoms with van der Waals surface area (Å²) in [6.07, 6.45) is 0. The molecule has 2 aromatic rings. The Morgan fingerprint density at radius 1 is 1.30 bits per heavy atom. The Hall–Kier alpha value is -1.33. The molecule has 20 heavy (non-hydrogen) atoms. The SMILES string of the molecule is CCNC(CSc1n[nH]c(C)n1)c1cc(C)ccc1C. The van der Waals surface area contributed by atoms with Gasteiger partial charge in [0.2, 0.25) is 5.16 Å². The number of benzene rings is 1. The third-order valence-electron chi connectivity index (χ3n) is 3.22. The maximum Gasteiger partial charge on any atom is 0.208 e. The zero-order chi connectivity index (χ0) is 14.5. The lowest BCUT2D eigenvalue weighted by atomic mass is 10.00. The van der Waals surface area contributed by atoms with E-state index in [1.807, 2.05) is 6.92 Å². The Labute approximate surface area is 124 Å². The topological polar surface area (TPSA) is 53.6 Å². The van der Waals surface area contributed by atoms with Crippen molar-refractivity contribution in [2.75, 3.05) is 12.3 Å². The van der Waals surface area contributed by atoms with Crippen molar-refractivity contribution in [2.24, 2.45) is 0 Å². The molecule has 0 fully saturated rings. The molecule has 1 aromatic heterocycles. The zero-order valence-corrected chi connectivity index (χ0v) is 13.3. The predicted molar refractivity (Wildman–Crippen MR) is 84.2 cm³/mol. The van der Waals surface area contributed by atoms with E-state index in [1.54, 1.807) is 11.8 Å². The van der Waals surface area contributed by atoms with E-state index in [0.29, 0.717) is 6.04 Å². The molecule has 0 radical (unpaired) electrons. The van der Waals surface area contributed by atoms with E-state index in [4.69, 9.17) is 0 Å². The molecule has 5 heteroatoms. The van der Waals surface area contributed by atoms with Crippen LogP contribution >= 0.6 is 11.8 Å². The van der Waals surface area contributed by atoms with Crippen LogP contribution in [0.25, 0.3) is 0 Å². The molecule has 0 bridgehead atoms. The molecular formula is C15H22N4S. The highest BCUT2D eigenvalue weighted by molar-refractivity contribution is 7.99. The van der Waals surface area contributed by atoms with Crippen LogP contribution in [0.1, 0.15) is 35.5 Å². The maximum atomic E-state index is 4.34. The van der Waals surface area contributed by atoms with Crippen molar-refractivity contribution in [1.82, 2.24) is 20.5 Å². The van der Waals surface area contributed by atoms with Gasteiger partial charge in [0.25, 0.3) is 0 Å². The second-order valence-corrected chi connectivity index (χ2v) is 5.97. The number of thioether (sulfide) groups is 1. The first-order valence-corrected chi connectivity index (χ1v) is 7.91. The largest absolute Gasteiger partial charge is 0.309 e. The van der Waals surface area contributed by atoms with E-state index in [0.717, 1.165) is 23.3 Å². The van der Waals surface area contributed by atoms with Crippen LogP contribution in [0.3, 0.4) is 0 Å². The predicted octanol–water partition coefficient (Wildman–Crippen LogP) is 3.17. The molecule has 0 aliphatic heterocycles. The molecule has 0 aliphatic carbocycles. The van der Waals surface area contributed by atoms with E-state index >= 15 is 0 Å². The number of nitrogens with zero attached hydrogens (tertiary/aromatic N) is 2. The monoisotopic (exact) mass is 290 g/mol. The summed E-state index contributed by atoms with van der Waals surface area (Å²) in [5.74, 6) is 1.79. The molecular weight excluding hydrogens is 268 g/mol. The van der Waals surface area contributed by atoms with E-state index in [-0.39, 0.29) is 0 Å². The smallest absolute Gasteiger partial charge is 0.208 e. The fourth-order valence-corrected chi connectivity index (χ4v) is 3.11. The normalized spacial score (nSPS) is 12.6. The quantitative estimate of drug-likeness (QED) is 0.802. The van der Waals surface area contributed by atoms with Crippen LogP contribution in [-0.4, -0.2) is 27.5 Å². The minimum absolute atomic E-state index is 0.323. The Kier molecular flexibility index (Phi) is 5.20. The molecule has 0 saturated heterocycles. The summed E-state index contributed by atoms with van der Waals surface area (Å²) in [4.78, 5) is 4.34. The van der Waals surface area contributed by atoms with Crippen molar-refractivity contribution < 1.29 is 0 Å². The summed E-state index contributed by atoms with van der Waals surface area (Å²) in [6.45, 7) is 9.31. The van der Waals surface area contributed by atoms with Gasteiger partial charge in [-0.05, 0) is 38.4 Å². The van der Waals surface area contributed by atoms with Gasteiger partial charge in [-0.2, -0.15) is 0 Å². The van der Waals surface area contributed by atoms with Crippen molar-refractivity contribution >= 4 is 11.8 Å². The molecule has 0 amide bonds. The van der Waals surface area contributed by atoms with Crippen LogP contribution in [-0.2, 0) is 0 Å². The van der Waals surface area contributed by atoms with Gasteiger partial charge in [-0.3, -0.25) is 5.10 Å². The first-order chi connectivity index (χ1) is 9.60. The van der Waals surface area contributed by atoms with Crippen LogP contribution in [0.4, 0.5) is 0 Å². The number of rotatable bonds is 6. The average molecular weight is 290 g/mol. The van der Waals surface area contributed by atoms with Crippen LogP contribution in [0, 0.1) is 20.8 Å². The number of H-pyrrole nitrogens is 1. The number of aryl methyl sites for hydroxylation is 3. The second kappa shape index (κ2) is 6.90. The number of hydrogen-bond donors (Lipinski definition) is 2. The van der Waals surface area contributed by atoms with E-state index < -0.39 is 0 Å². The number of hydrogen-bond acceptors (Lipinski definition) is 4. The highest BCUT2D eigenvalue weighted by Crippen LogP contribution is 2.25. The van der Waals surface area contributed by atoms with Crippen LogP contribution in [0.2, 0.25) is 0 Å². The number of aromatic amines is 1. The highest BCUT2D eigenvalue weighted by Gasteiger charge is 2.14. The Morgan fingerprint density at radius 2 is 2.10 bits per heavy atom. The summed E-state index contributed by atoms with van der Waals surface area (Å²) < 4.78 is 0. The zero-order valence-electron chi connectivity index (χ0n) is 12.5. The molecule has 108 valence electrons. The average Bonchev–Trinajstić information content (AvgIpc) is 2.83. The summed E-state index contributed by atoms with van der Waals surface area (Å²) in [5.41, 5.74) is 3.99. The molecule has 1 heterocycles. The molecule has 4 nitrogen and oxygen atoms in total. The van der Waals surface area contributed by atoms with Gasteiger partial charge in [0.1, 0.15) is 5.82 Å². The fraction of sp³-hybridized carbons (Fsp3) is 0.467. The maximum absolute atomic E-state index is 4.34. The van der Waals surface area contributed by atoms with Crippen molar-refractivity contribution in [3.63, 3.8) is 0 Å². The first-order valence-electron chi connectivity index (χ1n) is 6.92. The van der Waals surface area contributed by atoms with Gasteiger partial charge in [-0.1, -0.05) is 42.4 Å². The second-order valence-electron chi connectivity index (χ2n) is 4.98. The van der Waals surface area contributed by atoms with Crippen molar-refractivity contribution in [1.29, 1.82) is 0 Å². The molecule has 2 N–H and O–H groups in total. The molecule has 1 unspecified atom stereocenters. The van der Waals surface area contributed by atoms with Crippen LogP contribution < -0.4 is 5.32 Å². The van der Waals surface area contributed by atoms with Gasteiger partial charge >= 0.3 is 0 Å². The standard InChI is InChI=1S/C15H22N4S/c1-5-16-14(9-20-15-17-12(4)18-19-15)13-8-10(2)6-7-11(13)3/h6-8,14,16H,5,9H2,1-4H3,(H,17,18,19). The van der Waals surface area contributed by atoms with Crippen LogP contribution in [0.15, 0.2) is 23.4 Å². The minimum Gasteiger partial charge on any atom is -0.309 e. The Morgan fingerprint density at radius 3 is 2.75 bits per heavy atom. The highest BCUT2D eigenvalue weighted by atomic mass is 32.2. The lowest BCUT2D eigenvalue weighted by molar-refractivity contribution is 0.602. The number of aromatic nitrogens is 3. The van der Waals surface area contributed by atoms with Crippen molar-refractivity contribution in [3.05, 3.63) is 40.7 Å². The Balaban J connectivity index is 2.11. The lowest BCUT2D eigenvalue weighted by Crippen LogP contribution is -2.24. The fourth-order valence-electron chi connectivity index (χ4n) is 2.18. The van der Waals surface area contributed by atoms with Crippen molar-refractivity contribution in [3.8, 4) is 0 Å². The van der Waals surface area contributed by atoms with E-state index in [1.165, 1.54) is 16.7 Å². The van der Waals surface area contributed by atoms with Crippen molar-refractivity contribution in [2.45, 2.75) is 38.9 Å². The third-order valence-corrected chi connectivity index (χ3v) is 4.16. The van der Waals surface area contributed by atoms with E-state index in [2.05, 4.69) is 59.5 Å². The summed E-state index contributed by atoms with van der Waals surface area (Å²) >= 11 is 1.68. The Bertz CT molecular complexity index is 565. The minimum atomic E-state index is 0.323. The van der Waals surface area contributed by atoms with Gasteiger partial charge in [-0.25, -0.2) is 4.98 Å². The van der Waals surface area contributed by atoms with Gasteiger partial charge < -0.3 is 5.32 Å². The van der Waals surface area contributed by atoms with Gasteiger partial charge in [0, 0.05) is 11.8 Å². The van der Waals surface area contributed by atoms with Gasteiger partial charge in [-0.15, -0.1) is 5.10 Å². The molecule has 0 aliphatic rings. The molecule has 0 spiro atoms. The third kappa shape index (κ3) is 3.84. The first kappa shape index (κ1) is 15.1. The summed E-state index contributed by atoms with van der Waals surface area (Å²) in [5, 5.41) is 11.4. The van der Waals surface area contributed by atoms with Gasteiger partial charge in [0.05, 0.1) is 0 Å². The summed E-state index contributed by atoms with van der Waals surface area (Å²) in [7, 11) is 0. The molecule has 1 atom stereocenters.